The quantitative estimate of drug-likeness (QED) is 0.496. The predicted octanol–water partition coefficient (Wildman–Crippen LogP) is -1.22. The molecule has 2 aromatic rings. The smallest absolute Gasteiger partial charge is 0.181 e. The first-order chi connectivity index (χ1) is 9.54. The lowest BCUT2D eigenvalue weighted by atomic mass is 10.1. The monoisotopic (exact) mass is 345 g/mol. The van der Waals surface area contributed by atoms with Gasteiger partial charge in [0.25, 0.3) is 0 Å². The van der Waals surface area contributed by atoms with E-state index in [4.69, 9.17) is 15.6 Å². The van der Waals surface area contributed by atoms with Crippen LogP contribution in [0, 0.1) is 0 Å². The van der Waals surface area contributed by atoms with Crippen molar-refractivity contribution in [3.05, 3.63) is 11.1 Å². The predicted molar refractivity (Wildman–Crippen MR) is 70.4 cm³/mol. The van der Waals surface area contributed by atoms with Gasteiger partial charge in [0.05, 0.1) is 6.61 Å². The Morgan fingerprint density at radius 3 is 2.75 bits per heavy atom. The molecule has 9 nitrogen and oxygen atoms in total. The lowest BCUT2D eigenvalue weighted by Gasteiger charge is -2.17. The number of ether oxygens (including phenoxy) is 1. The molecule has 0 radical (unpaired) electrons. The minimum atomic E-state index is -1.22. The number of halogens is 1. The van der Waals surface area contributed by atoms with E-state index in [9.17, 15) is 10.2 Å². The molecule has 1 saturated heterocycles. The first-order valence-corrected chi connectivity index (χ1v) is 6.60. The molecule has 3 rings (SSSR count). The molecular weight excluding hydrogens is 334 g/mol. The van der Waals surface area contributed by atoms with E-state index in [1.165, 1.54) is 10.9 Å². The Balaban J connectivity index is 2.11. The number of imidazole rings is 1. The summed E-state index contributed by atoms with van der Waals surface area (Å²) >= 11 is 3.24. The van der Waals surface area contributed by atoms with Crippen LogP contribution in [0.5, 0.6) is 0 Å². The molecule has 0 aromatic carbocycles. The normalized spacial score (nSPS) is 30.2. The lowest BCUT2D eigenvalue weighted by Crippen LogP contribution is -2.33. The maximum atomic E-state index is 10.1. The summed E-state index contributed by atoms with van der Waals surface area (Å²) in [6.07, 6.45) is -2.97. The van der Waals surface area contributed by atoms with Gasteiger partial charge in [-0.25, -0.2) is 15.0 Å². The minimum absolute atomic E-state index is 0.196. The summed E-state index contributed by atoms with van der Waals surface area (Å²) in [5, 5.41) is 29.0. The highest BCUT2D eigenvalue weighted by Gasteiger charge is 2.44. The highest BCUT2D eigenvalue weighted by Crippen LogP contribution is 2.34. The van der Waals surface area contributed by atoms with Crippen LogP contribution in [0.1, 0.15) is 6.23 Å². The van der Waals surface area contributed by atoms with Crippen molar-refractivity contribution in [1.29, 1.82) is 0 Å². The van der Waals surface area contributed by atoms with Crippen molar-refractivity contribution < 1.29 is 20.1 Å². The molecule has 1 aliphatic heterocycles. The maximum Gasteiger partial charge on any atom is 0.181 e. The van der Waals surface area contributed by atoms with Gasteiger partial charge in [0.2, 0.25) is 0 Å². The molecule has 5 N–H and O–H groups in total. The van der Waals surface area contributed by atoms with Gasteiger partial charge in [-0.2, -0.15) is 0 Å². The van der Waals surface area contributed by atoms with Crippen LogP contribution in [0.15, 0.2) is 11.1 Å². The van der Waals surface area contributed by atoms with Gasteiger partial charge < -0.3 is 25.8 Å². The van der Waals surface area contributed by atoms with Gasteiger partial charge in [-0.15, -0.1) is 0 Å². The molecule has 1 aliphatic rings. The molecule has 10 heteroatoms. The van der Waals surface area contributed by atoms with Gasteiger partial charge >= 0.3 is 0 Å². The average Bonchev–Trinajstić information content (AvgIpc) is 2.90. The number of rotatable bonds is 2. The lowest BCUT2D eigenvalue weighted by molar-refractivity contribution is -0.0521. The van der Waals surface area contributed by atoms with E-state index in [2.05, 4.69) is 30.9 Å². The number of aliphatic hydroxyl groups is 3. The molecule has 1 fully saturated rings. The minimum Gasteiger partial charge on any atom is -0.394 e. The molecule has 2 aromatic heterocycles. The van der Waals surface area contributed by atoms with E-state index in [1.54, 1.807) is 0 Å². The molecule has 0 saturated carbocycles. The Labute approximate surface area is 121 Å². The number of nitrogens with zero attached hydrogens (tertiary/aromatic N) is 4. The fraction of sp³-hybridized carbons (Fsp3) is 0.500. The second-order valence-electron chi connectivity index (χ2n) is 4.41. The summed E-state index contributed by atoms with van der Waals surface area (Å²) in [5.41, 5.74) is 6.43. The van der Waals surface area contributed by atoms with Crippen LogP contribution in [-0.2, 0) is 4.74 Å². The molecule has 3 heterocycles. The molecule has 20 heavy (non-hydrogen) atoms. The van der Waals surface area contributed by atoms with E-state index in [-0.39, 0.29) is 5.82 Å². The number of nitrogens with two attached hydrogens (primary N) is 1. The van der Waals surface area contributed by atoms with Crippen LogP contribution in [0.2, 0.25) is 0 Å². The zero-order chi connectivity index (χ0) is 14.4. The third-order valence-corrected chi connectivity index (χ3v) is 3.79. The molecule has 0 aliphatic carbocycles. The second-order valence-corrected chi connectivity index (χ2v) is 5.12. The van der Waals surface area contributed by atoms with Crippen LogP contribution < -0.4 is 5.73 Å². The Morgan fingerprint density at radius 2 is 2.10 bits per heavy atom. The van der Waals surface area contributed by atoms with E-state index >= 15 is 0 Å². The van der Waals surface area contributed by atoms with Crippen LogP contribution in [0.3, 0.4) is 0 Å². The number of hydrogen-bond acceptors (Lipinski definition) is 8. The van der Waals surface area contributed by atoms with Gasteiger partial charge in [-0.1, -0.05) is 0 Å². The first-order valence-electron chi connectivity index (χ1n) is 5.81. The van der Waals surface area contributed by atoms with Crippen molar-refractivity contribution in [2.24, 2.45) is 0 Å². The van der Waals surface area contributed by atoms with Crippen molar-refractivity contribution >= 4 is 32.9 Å². The van der Waals surface area contributed by atoms with Gasteiger partial charge in [0.1, 0.15) is 24.6 Å². The highest BCUT2D eigenvalue weighted by atomic mass is 79.9. The van der Waals surface area contributed by atoms with E-state index in [0.29, 0.717) is 15.9 Å². The number of aromatic nitrogens is 4. The Bertz CT molecular complexity index is 650. The number of hydrogen-bond donors (Lipinski definition) is 4. The summed E-state index contributed by atoms with van der Waals surface area (Å²) < 4.78 is 7.23. The zero-order valence-electron chi connectivity index (χ0n) is 10.1. The van der Waals surface area contributed by atoms with E-state index in [1.807, 2.05) is 0 Å². The summed E-state index contributed by atoms with van der Waals surface area (Å²) in [5.74, 6) is 0.196. The van der Waals surface area contributed by atoms with Crippen molar-refractivity contribution in [3.8, 4) is 0 Å². The van der Waals surface area contributed by atoms with Crippen LogP contribution in [0.25, 0.3) is 11.2 Å². The van der Waals surface area contributed by atoms with Crippen molar-refractivity contribution in [2.75, 3.05) is 12.3 Å². The third kappa shape index (κ3) is 1.88. The maximum absolute atomic E-state index is 10.1. The molecule has 0 amide bonds. The number of aliphatic hydroxyl groups excluding tert-OH is 3. The number of fused-ring (bicyclic) bond motifs is 1. The molecule has 108 valence electrons. The largest absolute Gasteiger partial charge is 0.394 e. The summed E-state index contributed by atoms with van der Waals surface area (Å²) in [4.78, 5) is 12.1. The summed E-state index contributed by atoms with van der Waals surface area (Å²) in [6, 6.07) is 0. The van der Waals surface area contributed by atoms with Gasteiger partial charge in [-0.05, 0) is 15.9 Å². The Hall–Kier alpha value is -1.33. The molecular formula is C10H12BrN5O4. The molecule has 0 spiro atoms. The topological polar surface area (TPSA) is 140 Å². The fourth-order valence-electron chi connectivity index (χ4n) is 2.22. The molecule has 0 unspecified atom stereocenters. The van der Waals surface area contributed by atoms with E-state index < -0.39 is 31.1 Å². The van der Waals surface area contributed by atoms with Crippen LogP contribution >= 0.6 is 15.9 Å². The van der Waals surface area contributed by atoms with Crippen LogP contribution in [-0.4, -0.2) is 59.8 Å². The first kappa shape index (κ1) is 13.6. The van der Waals surface area contributed by atoms with Crippen molar-refractivity contribution in [1.82, 2.24) is 19.5 Å². The van der Waals surface area contributed by atoms with Gasteiger partial charge in [0, 0.05) is 0 Å². The third-order valence-electron chi connectivity index (χ3n) is 3.23. The number of nitrogen functional groups attached to an aromatic ring is 1. The molecule has 0 bridgehead atoms. The summed E-state index contributed by atoms with van der Waals surface area (Å²) in [6.45, 7) is -0.407. The number of anilines is 1. The SMILES string of the molecule is Nc1ncnc2c1nc(Br)n2[C@H]1O[C@@H](CO)[C@@H](O)[C@@H]1O. The Morgan fingerprint density at radius 1 is 1.35 bits per heavy atom. The highest BCUT2D eigenvalue weighted by molar-refractivity contribution is 9.10. The molecule has 4 atom stereocenters. The fourth-order valence-corrected chi connectivity index (χ4v) is 2.77. The van der Waals surface area contributed by atoms with E-state index in [0.717, 1.165) is 0 Å². The Kier molecular flexibility index (Phi) is 3.34. The standard InChI is InChI=1S/C10H12BrN5O4/c11-10-15-4-7(12)13-2-14-8(4)16(10)9-6(19)5(18)3(1-17)20-9/h2-3,5-6,9,17-19H,1H2,(H2,12,13,14)/t3-,5+,6-,9-/m0/s1. The second kappa shape index (κ2) is 4.90. The zero-order valence-corrected chi connectivity index (χ0v) is 11.7. The van der Waals surface area contributed by atoms with Crippen molar-refractivity contribution in [3.63, 3.8) is 0 Å². The van der Waals surface area contributed by atoms with Crippen molar-refractivity contribution in [2.45, 2.75) is 24.5 Å². The van der Waals surface area contributed by atoms with Gasteiger partial charge in [-0.3, -0.25) is 4.57 Å². The average molecular weight is 346 g/mol. The summed E-state index contributed by atoms with van der Waals surface area (Å²) in [7, 11) is 0. The van der Waals surface area contributed by atoms with Crippen LogP contribution in [0.4, 0.5) is 5.82 Å². The van der Waals surface area contributed by atoms with Gasteiger partial charge in [0.15, 0.2) is 27.9 Å².